The molecule has 0 saturated carbocycles. The first-order valence-corrected chi connectivity index (χ1v) is 8.46. The molecule has 2 aliphatic rings. The molecule has 0 aromatic heterocycles. The van der Waals surface area contributed by atoms with Gasteiger partial charge in [-0.25, -0.2) is 0 Å². The van der Waals surface area contributed by atoms with Crippen molar-refractivity contribution in [2.75, 3.05) is 5.32 Å². The number of hydrogen-bond donors (Lipinski definition) is 1. The maximum absolute atomic E-state index is 10.9. The zero-order valence-corrected chi connectivity index (χ0v) is 14.1. The summed E-state index contributed by atoms with van der Waals surface area (Å²) in [6.07, 6.45) is 5.33. The summed E-state index contributed by atoms with van der Waals surface area (Å²) in [6.45, 7) is 0. The molecule has 2 aromatic carbocycles. The first-order valence-electron chi connectivity index (χ1n) is 7.71. The van der Waals surface area contributed by atoms with Crippen LogP contribution in [0, 0.1) is 16.0 Å². The van der Waals surface area contributed by atoms with Crippen molar-refractivity contribution in [3.8, 4) is 0 Å². The smallest absolute Gasteiger partial charge is 0.269 e. The summed E-state index contributed by atoms with van der Waals surface area (Å²) in [5.41, 5.74) is 3.14. The molecular formula is C18H14Cl2N2O2. The lowest BCUT2D eigenvalue weighted by Crippen LogP contribution is -2.29. The molecule has 1 heterocycles. The van der Waals surface area contributed by atoms with E-state index in [4.69, 9.17) is 23.2 Å². The standard InChI is InChI=1S/C18H14Cl2N2O2/c19-11-8-15-13-2-1-3-14(13)17(21-18(15)16(20)9-11)10-4-6-12(7-5-10)22(23)24/h1-2,4-9,13-14,17,21H,3H2/t13-,14+,17+/m0/s1. The third-order valence-electron chi connectivity index (χ3n) is 4.85. The van der Waals surface area contributed by atoms with Crippen LogP contribution < -0.4 is 5.32 Å². The maximum atomic E-state index is 10.9. The molecule has 0 amide bonds. The first kappa shape index (κ1) is 15.5. The summed E-state index contributed by atoms with van der Waals surface area (Å²) in [6, 6.07) is 10.5. The van der Waals surface area contributed by atoms with Crippen LogP contribution in [0.3, 0.4) is 0 Å². The third kappa shape index (κ3) is 2.46. The highest BCUT2D eigenvalue weighted by Crippen LogP contribution is 2.52. The minimum atomic E-state index is -0.383. The second-order valence-corrected chi connectivity index (χ2v) is 7.02. The van der Waals surface area contributed by atoms with E-state index in [9.17, 15) is 10.1 Å². The van der Waals surface area contributed by atoms with Crippen molar-refractivity contribution in [1.82, 2.24) is 0 Å². The van der Waals surface area contributed by atoms with Gasteiger partial charge < -0.3 is 5.32 Å². The fourth-order valence-corrected chi connectivity index (χ4v) is 4.32. The summed E-state index contributed by atoms with van der Waals surface area (Å²) in [4.78, 5) is 10.5. The maximum Gasteiger partial charge on any atom is 0.269 e. The largest absolute Gasteiger partial charge is 0.376 e. The lowest BCUT2D eigenvalue weighted by Gasteiger charge is -2.38. The molecule has 0 saturated heterocycles. The van der Waals surface area contributed by atoms with Crippen LogP contribution in [0.4, 0.5) is 11.4 Å². The van der Waals surface area contributed by atoms with E-state index >= 15 is 0 Å². The monoisotopic (exact) mass is 360 g/mol. The van der Waals surface area contributed by atoms with Crippen LogP contribution in [0.25, 0.3) is 0 Å². The summed E-state index contributed by atoms with van der Waals surface area (Å²) >= 11 is 12.6. The molecule has 122 valence electrons. The Bertz CT molecular complexity index is 849. The van der Waals surface area contributed by atoms with Gasteiger partial charge in [-0.15, -0.1) is 0 Å². The van der Waals surface area contributed by atoms with Crippen LogP contribution in [0.2, 0.25) is 10.0 Å². The van der Waals surface area contributed by atoms with Crippen molar-refractivity contribution >= 4 is 34.6 Å². The van der Waals surface area contributed by atoms with E-state index in [1.54, 1.807) is 18.2 Å². The Kier molecular flexibility index (Phi) is 3.74. The van der Waals surface area contributed by atoms with Crippen LogP contribution >= 0.6 is 23.2 Å². The van der Waals surface area contributed by atoms with Gasteiger partial charge in [-0.05, 0) is 35.6 Å². The predicted octanol–water partition coefficient (Wildman–Crippen LogP) is 5.73. The zero-order valence-electron chi connectivity index (χ0n) is 12.6. The summed E-state index contributed by atoms with van der Waals surface area (Å²) < 4.78 is 0. The Morgan fingerprint density at radius 2 is 1.92 bits per heavy atom. The molecule has 3 atom stereocenters. The number of nitrogens with one attached hydrogen (secondary N) is 1. The van der Waals surface area contributed by atoms with E-state index < -0.39 is 0 Å². The Labute approximate surface area is 149 Å². The lowest BCUT2D eigenvalue weighted by molar-refractivity contribution is -0.384. The normalized spacial score (nSPS) is 24.2. The topological polar surface area (TPSA) is 55.2 Å². The highest BCUT2D eigenvalue weighted by molar-refractivity contribution is 6.36. The van der Waals surface area contributed by atoms with Crippen molar-refractivity contribution < 1.29 is 4.92 Å². The van der Waals surface area contributed by atoms with E-state index in [-0.39, 0.29) is 22.6 Å². The SMILES string of the molecule is O=[N+]([O-])c1ccc([C@H]2Nc3c(Cl)cc(Cl)cc3[C@H]3C=CC[C@H]32)cc1. The van der Waals surface area contributed by atoms with Crippen LogP contribution in [-0.4, -0.2) is 4.92 Å². The lowest BCUT2D eigenvalue weighted by atomic mass is 9.77. The van der Waals surface area contributed by atoms with Crippen molar-refractivity contribution in [3.05, 3.63) is 79.8 Å². The number of benzene rings is 2. The second kappa shape index (κ2) is 5.80. The Balaban J connectivity index is 1.76. The average Bonchev–Trinajstić information content (AvgIpc) is 3.04. The number of halogens is 2. The molecule has 0 fully saturated rings. The minimum absolute atomic E-state index is 0.0528. The average molecular weight is 361 g/mol. The molecule has 24 heavy (non-hydrogen) atoms. The van der Waals surface area contributed by atoms with Crippen molar-refractivity contribution in [2.24, 2.45) is 5.92 Å². The molecule has 0 bridgehead atoms. The van der Waals surface area contributed by atoms with Gasteiger partial charge in [-0.2, -0.15) is 0 Å². The predicted molar refractivity (Wildman–Crippen MR) is 95.9 cm³/mol. The molecule has 1 N–H and O–H groups in total. The molecule has 0 unspecified atom stereocenters. The number of anilines is 1. The number of allylic oxidation sites excluding steroid dienone is 2. The quantitative estimate of drug-likeness (QED) is 0.422. The van der Waals surface area contributed by atoms with Crippen LogP contribution in [0.15, 0.2) is 48.6 Å². The number of nitro benzene ring substituents is 1. The van der Waals surface area contributed by atoms with E-state index in [0.29, 0.717) is 16.0 Å². The van der Waals surface area contributed by atoms with Gasteiger partial charge in [0.2, 0.25) is 0 Å². The van der Waals surface area contributed by atoms with Crippen molar-refractivity contribution in [2.45, 2.75) is 18.4 Å². The zero-order chi connectivity index (χ0) is 16.8. The molecule has 6 heteroatoms. The van der Waals surface area contributed by atoms with Crippen molar-refractivity contribution in [3.63, 3.8) is 0 Å². The van der Waals surface area contributed by atoms with Gasteiger partial charge in [0.1, 0.15) is 0 Å². The van der Waals surface area contributed by atoms with Crippen molar-refractivity contribution in [1.29, 1.82) is 0 Å². The molecule has 1 aliphatic carbocycles. The van der Waals surface area contributed by atoms with Crippen LogP contribution in [-0.2, 0) is 0 Å². The molecule has 0 spiro atoms. The van der Waals surface area contributed by atoms with Gasteiger partial charge in [0.05, 0.1) is 21.7 Å². The van der Waals surface area contributed by atoms with Gasteiger partial charge in [0.15, 0.2) is 0 Å². The fourth-order valence-electron chi connectivity index (χ4n) is 3.75. The number of hydrogen-bond acceptors (Lipinski definition) is 3. The summed E-state index contributed by atoms with van der Waals surface area (Å²) in [5, 5.41) is 15.6. The number of fused-ring (bicyclic) bond motifs is 3. The summed E-state index contributed by atoms with van der Waals surface area (Å²) in [7, 11) is 0. The van der Waals surface area contributed by atoms with E-state index in [2.05, 4.69) is 17.5 Å². The Hall–Kier alpha value is -2.04. The molecule has 0 radical (unpaired) electrons. The fraction of sp³-hybridized carbons (Fsp3) is 0.222. The Morgan fingerprint density at radius 3 is 2.62 bits per heavy atom. The number of nitro groups is 1. The first-order chi connectivity index (χ1) is 11.5. The van der Waals surface area contributed by atoms with Gasteiger partial charge in [0.25, 0.3) is 5.69 Å². The molecule has 2 aromatic rings. The number of nitrogens with zero attached hydrogens (tertiary/aromatic N) is 1. The minimum Gasteiger partial charge on any atom is -0.376 e. The summed E-state index contributed by atoms with van der Waals surface area (Å²) in [5.74, 6) is 0.589. The van der Waals surface area contributed by atoms with Gasteiger partial charge >= 0.3 is 0 Å². The highest BCUT2D eigenvalue weighted by atomic mass is 35.5. The number of rotatable bonds is 2. The van der Waals surface area contributed by atoms with Gasteiger partial charge in [-0.1, -0.05) is 47.5 Å². The molecule has 1 aliphatic heterocycles. The highest BCUT2D eigenvalue weighted by Gasteiger charge is 2.38. The molecular weight excluding hydrogens is 347 g/mol. The number of non-ortho nitro benzene ring substituents is 1. The van der Waals surface area contributed by atoms with E-state index in [0.717, 1.165) is 23.2 Å². The Morgan fingerprint density at radius 1 is 1.17 bits per heavy atom. The van der Waals surface area contributed by atoms with E-state index in [1.807, 2.05) is 18.2 Å². The molecule has 4 rings (SSSR count). The third-order valence-corrected chi connectivity index (χ3v) is 5.36. The second-order valence-electron chi connectivity index (χ2n) is 6.18. The molecule has 4 nitrogen and oxygen atoms in total. The van der Waals surface area contributed by atoms with Crippen LogP contribution in [0.5, 0.6) is 0 Å². The van der Waals surface area contributed by atoms with Gasteiger partial charge in [-0.3, -0.25) is 10.1 Å². The van der Waals surface area contributed by atoms with Gasteiger partial charge in [0, 0.05) is 23.1 Å². The van der Waals surface area contributed by atoms with Crippen LogP contribution in [0.1, 0.15) is 29.5 Å². The van der Waals surface area contributed by atoms with E-state index in [1.165, 1.54) is 0 Å².